The average molecular weight is 603 g/mol. The molecule has 0 spiro atoms. The Kier molecular flexibility index (Phi) is 9.33. The summed E-state index contributed by atoms with van der Waals surface area (Å²) in [6, 6.07) is 10.2. The second-order valence-electron chi connectivity index (χ2n) is 9.25. The number of allylic oxidation sites excluding steroid dienone is 1. The van der Waals surface area contributed by atoms with Crippen LogP contribution in [0.15, 0.2) is 73.3 Å². The summed E-state index contributed by atoms with van der Waals surface area (Å²) in [5.74, 6) is -0.778. The first-order valence-electron chi connectivity index (χ1n) is 12.7. The number of alkyl halides is 2. The van der Waals surface area contributed by atoms with Crippen molar-refractivity contribution in [3.05, 3.63) is 135 Å². The number of ether oxygens (including phenoxy) is 1. The van der Waals surface area contributed by atoms with Crippen LogP contribution in [0.2, 0.25) is 5.02 Å². The van der Waals surface area contributed by atoms with Gasteiger partial charge in [-0.15, -0.1) is 6.58 Å². The minimum absolute atomic E-state index is 0.0318. The second-order valence-corrected chi connectivity index (χ2v) is 9.66. The number of halogens is 8. The van der Waals surface area contributed by atoms with E-state index < -0.39 is 52.1 Å². The fourth-order valence-corrected chi connectivity index (χ4v) is 4.42. The Labute approximate surface area is 243 Å². The summed E-state index contributed by atoms with van der Waals surface area (Å²) < 4.78 is 107. The molecule has 0 saturated heterocycles. The molecule has 0 bridgehead atoms. The van der Waals surface area contributed by atoms with Gasteiger partial charge in [0.1, 0.15) is 40.4 Å². The topological polar surface area (TPSA) is 9.23 Å². The number of hydrogen-bond acceptors (Lipinski definition) is 1. The molecule has 0 amide bonds. The van der Waals surface area contributed by atoms with Gasteiger partial charge in [0, 0.05) is 17.2 Å². The summed E-state index contributed by atoms with van der Waals surface area (Å²) in [4.78, 5) is 0. The Morgan fingerprint density at radius 3 is 2.19 bits per heavy atom. The van der Waals surface area contributed by atoms with E-state index >= 15 is 0 Å². The fraction of sp³-hybridized carbons (Fsp3) is 0.152. The lowest BCUT2D eigenvalue weighted by molar-refractivity contribution is -0.187. The normalized spacial score (nSPS) is 11.2. The van der Waals surface area contributed by atoms with Crippen LogP contribution >= 0.6 is 11.6 Å². The van der Waals surface area contributed by atoms with Gasteiger partial charge >= 0.3 is 6.11 Å². The third-order valence-electron chi connectivity index (χ3n) is 6.34. The first-order chi connectivity index (χ1) is 19.9. The second kappa shape index (κ2) is 12.7. The maximum Gasteiger partial charge on any atom is 0.429 e. The highest BCUT2D eigenvalue weighted by Crippen LogP contribution is 2.36. The van der Waals surface area contributed by atoms with Crippen LogP contribution in [-0.2, 0) is 19.0 Å². The van der Waals surface area contributed by atoms with Crippen LogP contribution in [0.1, 0.15) is 41.2 Å². The Bertz CT molecular complexity index is 1700. The molecule has 0 saturated carbocycles. The standard InChI is InChI=1S/C33H22ClF7O/c1-3-5-6-20-14-28(35)25(29(36)15-20)10-7-19-8-12-26(31(38)13-19)33(40,41)42-23-9-11-24(30(37)18-23)22-16-21(4-2)32(39)27(34)17-22/h3,8-9,11-18H,1,4-6H2,2H3. The van der Waals surface area contributed by atoms with Crippen molar-refractivity contribution in [2.45, 2.75) is 32.3 Å². The van der Waals surface area contributed by atoms with Crippen LogP contribution in [0, 0.1) is 40.9 Å². The van der Waals surface area contributed by atoms with E-state index in [1.807, 2.05) is 0 Å². The van der Waals surface area contributed by atoms with Crippen molar-refractivity contribution in [2.24, 2.45) is 0 Å². The zero-order valence-electron chi connectivity index (χ0n) is 22.1. The van der Waals surface area contributed by atoms with E-state index in [1.165, 1.54) is 12.1 Å². The summed E-state index contributed by atoms with van der Waals surface area (Å²) in [5.41, 5.74) is -0.973. The minimum atomic E-state index is -4.22. The molecule has 9 heteroatoms. The third kappa shape index (κ3) is 6.80. The van der Waals surface area contributed by atoms with E-state index in [0.29, 0.717) is 43.0 Å². The Morgan fingerprint density at radius 1 is 0.857 bits per heavy atom. The summed E-state index contributed by atoms with van der Waals surface area (Å²) >= 11 is 5.90. The van der Waals surface area contributed by atoms with Crippen molar-refractivity contribution < 1.29 is 35.5 Å². The molecule has 4 aromatic rings. The molecule has 0 aromatic heterocycles. The predicted molar refractivity (Wildman–Crippen MR) is 148 cm³/mol. The van der Waals surface area contributed by atoms with Crippen molar-refractivity contribution in [1.82, 2.24) is 0 Å². The molecule has 216 valence electrons. The lowest BCUT2D eigenvalue weighted by Crippen LogP contribution is -2.23. The molecule has 0 N–H and O–H groups in total. The average Bonchev–Trinajstić information content (AvgIpc) is 2.92. The molecule has 42 heavy (non-hydrogen) atoms. The molecule has 4 aromatic carbocycles. The van der Waals surface area contributed by atoms with Crippen LogP contribution in [0.4, 0.5) is 30.7 Å². The molecule has 0 heterocycles. The van der Waals surface area contributed by atoms with Gasteiger partial charge in [-0.3, -0.25) is 0 Å². The largest absolute Gasteiger partial charge is 0.429 e. The quantitative estimate of drug-likeness (QED) is 0.111. The van der Waals surface area contributed by atoms with Crippen LogP contribution in [0.3, 0.4) is 0 Å². The van der Waals surface area contributed by atoms with Crippen LogP contribution in [-0.4, -0.2) is 0 Å². The molecule has 0 atom stereocenters. The first-order valence-corrected chi connectivity index (χ1v) is 13.1. The lowest BCUT2D eigenvalue weighted by Gasteiger charge is -2.19. The van der Waals surface area contributed by atoms with Gasteiger partial charge in [0.2, 0.25) is 0 Å². The molecule has 0 fully saturated rings. The molecule has 0 aliphatic heterocycles. The highest BCUT2D eigenvalue weighted by atomic mass is 35.5. The van der Waals surface area contributed by atoms with E-state index in [2.05, 4.69) is 23.2 Å². The van der Waals surface area contributed by atoms with Crippen LogP contribution in [0.5, 0.6) is 5.75 Å². The summed E-state index contributed by atoms with van der Waals surface area (Å²) in [7, 11) is 0. The maximum absolute atomic E-state index is 14.9. The lowest BCUT2D eigenvalue weighted by atomic mass is 10.0. The molecular formula is C33H22ClF7O. The van der Waals surface area contributed by atoms with Crippen molar-refractivity contribution >= 4 is 11.6 Å². The highest BCUT2D eigenvalue weighted by Gasteiger charge is 2.38. The van der Waals surface area contributed by atoms with Gasteiger partial charge in [0.15, 0.2) is 0 Å². The molecule has 0 radical (unpaired) electrons. The monoisotopic (exact) mass is 602 g/mol. The Hall–Kier alpha value is -4.22. The van der Waals surface area contributed by atoms with Crippen LogP contribution < -0.4 is 4.74 Å². The maximum atomic E-state index is 14.9. The van der Waals surface area contributed by atoms with Gasteiger partial charge in [0.25, 0.3) is 0 Å². The van der Waals surface area contributed by atoms with Gasteiger partial charge in [-0.05, 0) is 90.6 Å². The smallest absolute Gasteiger partial charge is 0.429 e. The molecule has 0 aliphatic rings. The molecule has 0 aliphatic carbocycles. The Balaban J connectivity index is 1.55. The van der Waals surface area contributed by atoms with E-state index in [1.54, 1.807) is 13.0 Å². The van der Waals surface area contributed by atoms with Gasteiger partial charge in [-0.25, -0.2) is 22.0 Å². The van der Waals surface area contributed by atoms with E-state index in [-0.39, 0.29) is 27.3 Å². The van der Waals surface area contributed by atoms with Crippen molar-refractivity contribution in [3.63, 3.8) is 0 Å². The highest BCUT2D eigenvalue weighted by molar-refractivity contribution is 6.31. The van der Waals surface area contributed by atoms with Crippen molar-refractivity contribution in [3.8, 4) is 28.7 Å². The SMILES string of the molecule is C=CCCc1cc(F)c(C#Cc2ccc(C(F)(F)Oc3ccc(-c4cc(Cl)c(F)c(CC)c4)c(F)c3)c(F)c2)c(F)c1. The predicted octanol–water partition coefficient (Wildman–Crippen LogP) is 9.91. The molecule has 0 unspecified atom stereocenters. The minimum Gasteiger partial charge on any atom is -0.429 e. The zero-order valence-corrected chi connectivity index (χ0v) is 22.9. The summed E-state index contributed by atoms with van der Waals surface area (Å²) in [5, 5.41) is -0.216. The Morgan fingerprint density at radius 2 is 1.57 bits per heavy atom. The van der Waals surface area contributed by atoms with Crippen molar-refractivity contribution in [2.75, 3.05) is 0 Å². The van der Waals surface area contributed by atoms with E-state index in [4.69, 9.17) is 11.6 Å². The van der Waals surface area contributed by atoms with E-state index in [9.17, 15) is 30.7 Å². The summed E-state index contributed by atoms with van der Waals surface area (Å²) in [6.07, 6.45) is -1.42. The molecular weight excluding hydrogens is 581 g/mol. The fourth-order valence-electron chi connectivity index (χ4n) is 4.18. The van der Waals surface area contributed by atoms with Crippen LogP contribution in [0.25, 0.3) is 11.1 Å². The molecule has 1 nitrogen and oxygen atoms in total. The van der Waals surface area contributed by atoms with Gasteiger partial charge in [-0.1, -0.05) is 36.4 Å². The van der Waals surface area contributed by atoms with Crippen molar-refractivity contribution in [1.29, 1.82) is 0 Å². The number of hydrogen-bond donors (Lipinski definition) is 0. The third-order valence-corrected chi connectivity index (χ3v) is 6.61. The first kappa shape index (κ1) is 30.7. The summed E-state index contributed by atoms with van der Waals surface area (Å²) in [6.45, 7) is 5.24. The van der Waals surface area contributed by atoms with Gasteiger partial charge in [-0.2, -0.15) is 8.78 Å². The van der Waals surface area contributed by atoms with E-state index in [0.717, 1.165) is 30.3 Å². The number of rotatable bonds is 8. The number of aryl methyl sites for hydroxylation is 2. The van der Waals surface area contributed by atoms with Gasteiger partial charge < -0.3 is 4.74 Å². The van der Waals surface area contributed by atoms with Gasteiger partial charge in [0.05, 0.1) is 10.6 Å². The molecule has 4 rings (SSSR count). The zero-order chi connectivity index (χ0) is 30.6. The number of benzene rings is 4.